The lowest BCUT2D eigenvalue weighted by molar-refractivity contribution is -0.127. The lowest BCUT2D eigenvalue weighted by Gasteiger charge is -2.31. The second kappa shape index (κ2) is 8.57. The molecule has 1 fully saturated rings. The molecule has 0 saturated carbocycles. The topological polar surface area (TPSA) is 58.6 Å². The molecule has 1 aromatic carbocycles. The molecule has 1 saturated heterocycles. The number of ether oxygens (including phenoxy) is 1. The highest BCUT2D eigenvalue weighted by atomic mass is 32.1. The van der Waals surface area contributed by atoms with Crippen molar-refractivity contribution >= 4 is 23.2 Å². The molecule has 0 bridgehead atoms. The Morgan fingerprint density at radius 2 is 2.00 bits per heavy atom. The van der Waals surface area contributed by atoms with E-state index in [4.69, 9.17) is 4.74 Å². The van der Waals surface area contributed by atoms with Crippen LogP contribution in [0.4, 0.5) is 0 Å². The van der Waals surface area contributed by atoms with E-state index in [9.17, 15) is 9.59 Å². The molecule has 2 heterocycles. The number of carbonyl (C=O) groups excluding carboxylic acids is 2. The molecule has 5 nitrogen and oxygen atoms in total. The molecule has 144 valence electrons. The van der Waals surface area contributed by atoms with Crippen molar-refractivity contribution in [3.05, 3.63) is 51.7 Å². The summed E-state index contributed by atoms with van der Waals surface area (Å²) in [6.45, 7) is 5.25. The number of nitrogens with zero attached hydrogens (tertiary/aromatic N) is 1. The first-order chi connectivity index (χ1) is 13.0. The van der Waals surface area contributed by atoms with E-state index in [0.29, 0.717) is 25.9 Å². The van der Waals surface area contributed by atoms with Gasteiger partial charge < -0.3 is 15.0 Å². The summed E-state index contributed by atoms with van der Waals surface area (Å²) in [5.74, 6) is 0.844. The number of rotatable bonds is 5. The molecule has 1 aliphatic heterocycles. The molecule has 3 rings (SSSR count). The van der Waals surface area contributed by atoms with E-state index in [-0.39, 0.29) is 23.8 Å². The van der Waals surface area contributed by atoms with Crippen LogP contribution in [0.25, 0.3) is 0 Å². The quantitative estimate of drug-likeness (QED) is 0.850. The summed E-state index contributed by atoms with van der Waals surface area (Å²) in [5, 5.41) is 5.03. The van der Waals surface area contributed by atoms with E-state index in [1.807, 2.05) is 54.5 Å². The lowest BCUT2D eigenvalue weighted by atomic mass is 9.94. The highest BCUT2D eigenvalue weighted by Crippen LogP contribution is 2.27. The number of carbonyl (C=O) groups is 2. The van der Waals surface area contributed by atoms with Gasteiger partial charge in [0.05, 0.1) is 18.0 Å². The third-order valence-corrected chi connectivity index (χ3v) is 5.95. The number of benzene rings is 1. The van der Waals surface area contributed by atoms with Crippen LogP contribution in [0, 0.1) is 12.8 Å². The van der Waals surface area contributed by atoms with Crippen LogP contribution in [-0.4, -0.2) is 36.9 Å². The van der Waals surface area contributed by atoms with Crippen LogP contribution in [0.1, 0.15) is 46.6 Å². The van der Waals surface area contributed by atoms with Crippen LogP contribution in [0.5, 0.6) is 5.75 Å². The molecule has 1 atom stereocenters. The van der Waals surface area contributed by atoms with Gasteiger partial charge in [0, 0.05) is 24.6 Å². The molecule has 6 heteroatoms. The average molecular weight is 387 g/mol. The molecule has 2 amide bonds. The monoisotopic (exact) mass is 386 g/mol. The van der Waals surface area contributed by atoms with Crippen LogP contribution in [-0.2, 0) is 4.79 Å². The molecular weight excluding hydrogens is 360 g/mol. The van der Waals surface area contributed by atoms with Crippen molar-refractivity contribution in [1.82, 2.24) is 10.2 Å². The van der Waals surface area contributed by atoms with Gasteiger partial charge in [-0.1, -0.05) is 23.8 Å². The van der Waals surface area contributed by atoms with E-state index in [1.54, 1.807) is 7.11 Å². The zero-order valence-electron chi connectivity index (χ0n) is 16.0. The van der Waals surface area contributed by atoms with Gasteiger partial charge in [-0.15, -0.1) is 11.3 Å². The summed E-state index contributed by atoms with van der Waals surface area (Å²) in [7, 11) is 1.64. The van der Waals surface area contributed by atoms with E-state index < -0.39 is 0 Å². The van der Waals surface area contributed by atoms with Gasteiger partial charge in [-0.25, -0.2) is 0 Å². The Hall–Kier alpha value is -2.34. The number of nitrogens with one attached hydrogen (secondary N) is 1. The van der Waals surface area contributed by atoms with Gasteiger partial charge >= 0.3 is 0 Å². The standard InChI is InChI=1S/C21H26N2O3S/c1-14-6-7-18(26-3)17(13-14)15(2)22-20(24)16-8-10-23(11-9-16)21(25)19-5-4-12-27-19/h4-7,12-13,15-16H,8-11H2,1-3H3,(H,22,24)/t15-/m0/s1. The van der Waals surface area contributed by atoms with Gasteiger partial charge in [0.1, 0.15) is 5.75 Å². The van der Waals surface area contributed by atoms with Gasteiger partial charge in [0.15, 0.2) is 0 Å². The second-order valence-electron chi connectivity index (χ2n) is 7.02. The third-order valence-electron chi connectivity index (χ3n) is 5.10. The van der Waals surface area contributed by atoms with Crippen LogP contribution in [0.2, 0.25) is 0 Å². The van der Waals surface area contributed by atoms with Crippen molar-refractivity contribution in [2.75, 3.05) is 20.2 Å². The molecule has 1 aromatic heterocycles. The van der Waals surface area contributed by atoms with E-state index in [2.05, 4.69) is 5.32 Å². The van der Waals surface area contributed by atoms with Crippen molar-refractivity contribution in [3.63, 3.8) is 0 Å². The molecule has 0 radical (unpaired) electrons. The van der Waals surface area contributed by atoms with Gasteiger partial charge in [0.25, 0.3) is 5.91 Å². The summed E-state index contributed by atoms with van der Waals surface area (Å²) in [6.07, 6.45) is 1.39. The molecule has 2 aromatic rings. The molecule has 1 N–H and O–H groups in total. The fourth-order valence-corrected chi connectivity index (χ4v) is 4.19. The second-order valence-corrected chi connectivity index (χ2v) is 7.97. The van der Waals surface area contributed by atoms with Crippen molar-refractivity contribution in [2.24, 2.45) is 5.92 Å². The zero-order valence-corrected chi connectivity index (χ0v) is 16.8. The number of methoxy groups -OCH3 is 1. The number of hydrogen-bond acceptors (Lipinski definition) is 4. The maximum Gasteiger partial charge on any atom is 0.263 e. The van der Waals surface area contributed by atoms with Gasteiger partial charge in [-0.3, -0.25) is 9.59 Å². The minimum Gasteiger partial charge on any atom is -0.496 e. The highest BCUT2D eigenvalue weighted by Gasteiger charge is 2.29. The summed E-state index contributed by atoms with van der Waals surface area (Å²) in [4.78, 5) is 27.8. The first kappa shape index (κ1) is 19.4. The normalized spacial score (nSPS) is 16.0. The summed E-state index contributed by atoms with van der Waals surface area (Å²) >= 11 is 1.46. The Balaban J connectivity index is 1.57. The Labute approximate surface area is 164 Å². The lowest BCUT2D eigenvalue weighted by Crippen LogP contribution is -2.43. The number of amides is 2. The Bertz CT molecular complexity index is 796. The Morgan fingerprint density at radius 3 is 2.63 bits per heavy atom. The van der Waals surface area contributed by atoms with E-state index >= 15 is 0 Å². The van der Waals surface area contributed by atoms with Gasteiger partial charge in [-0.2, -0.15) is 0 Å². The minimum atomic E-state index is -0.127. The van der Waals surface area contributed by atoms with Gasteiger partial charge in [-0.05, 0) is 44.2 Å². The number of hydrogen-bond donors (Lipinski definition) is 1. The highest BCUT2D eigenvalue weighted by molar-refractivity contribution is 7.12. The SMILES string of the molecule is COc1ccc(C)cc1[C@H](C)NC(=O)C1CCN(C(=O)c2cccs2)CC1. The summed E-state index contributed by atoms with van der Waals surface area (Å²) in [5.41, 5.74) is 2.11. The van der Waals surface area contributed by atoms with Crippen LogP contribution in [0.15, 0.2) is 35.7 Å². The largest absolute Gasteiger partial charge is 0.496 e. The molecular formula is C21H26N2O3S. The van der Waals surface area contributed by atoms with Crippen molar-refractivity contribution in [1.29, 1.82) is 0 Å². The van der Waals surface area contributed by atoms with E-state index in [1.165, 1.54) is 11.3 Å². The number of thiophene rings is 1. The number of likely N-dealkylation sites (tertiary alicyclic amines) is 1. The third kappa shape index (κ3) is 4.50. The number of aryl methyl sites for hydroxylation is 1. The first-order valence-corrected chi connectivity index (χ1v) is 10.1. The van der Waals surface area contributed by atoms with Crippen LogP contribution in [0.3, 0.4) is 0 Å². The van der Waals surface area contributed by atoms with E-state index in [0.717, 1.165) is 21.8 Å². The van der Waals surface area contributed by atoms with Crippen LogP contribution >= 0.6 is 11.3 Å². The first-order valence-electron chi connectivity index (χ1n) is 9.27. The maximum absolute atomic E-state index is 12.7. The fraction of sp³-hybridized carbons (Fsp3) is 0.429. The van der Waals surface area contributed by atoms with Crippen molar-refractivity contribution < 1.29 is 14.3 Å². The molecule has 0 aliphatic carbocycles. The smallest absolute Gasteiger partial charge is 0.263 e. The Morgan fingerprint density at radius 1 is 1.26 bits per heavy atom. The molecule has 0 spiro atoms. The maximum atomic E-state index is 12.7. The van der Waals surface area contributed by atoms with Crippen LogP contribution < -0.4 is 10.1 Å². The zero-order chi connectivity index (χ0) is 19.4. The van der Waals surface area contributed by atoms with Gasteiger partial charge in [0.2, 0.25) is 5.91 Å². The minimum absolute atomic E-state index is 0.0503. The predicted octanol–water partition coefficient (Wildman–Crippen LogP) is 3.79. The Kier molecular flexibility index (Phi) is 6.16. The van der Waals surface area contributed by atoms with Crippen molar-refractivity contribution in [2.45, 2.75) is 32.7 Å². The summed E-state index contributed by atoms with van der Waals surface area (Å²) < 4.78 is 5.43. The molecule has 27 heavy (non-hydrogen) atoms. The fourth-order valence-electron chi connectivity index (χ4n) is 3.50. The predicted molar refractivity (Wildman–Crippen MR) is 107 cm³/mol. The molecule has 1 aliphatic rings. The summed E-state index contributed by atoms with van der Waals surface area (Å²) in [6, 6.07) is 9.59. The average Bonchev–Trinajstić information content (AvgIpc) is 3.22. The van der Waals surface area contributed by atoms with Crippen molar-refractivity contribution in [3.8, 4) is 5.75 Å². The molecule has 0 unspecified atom stereocenters. The number of piperidine rings is 1.